The molecule has 0 aromatic carbocycles. The van der Waals surface area contributed by atoms with E-state index in [1.54, 1.807) is 7.11 Å². The Bertz CT molecular complexity index is 75.3. The van der Waals surface area contributed by atoms with Gasteiger partial charge in [-0.05, 0) is 25.2 Å². The van der Waals surface area contributed by atoms with Crippen LogP contribution < -0.4 is 0 Å². The molecule has 0 aliphatic carbocycles. The Morgan fingerprint density at radius 3 is 3.10 bits per heavy atom. The normalized spacial score (nSPS) is 27.9. The van der Waals surface area contributed by atoms with Gasteiger partial charge in [0, 0.05) is 26.9 Å². The zero-order valence-corrected chi connectivity index (χ0v) is 6.64. The molecule has 1 saturated heterocycles. The minimum Gasteiger partial charge on any atom is -0.384 e. The third-order valence-electron chi connectivity index (χ3n) is 1.97. The van der Waals surface area contributed by atoms with Crippen LogP contribution in [0.4, 0.5) is 0 Å². The Hall–Kier alpha value is -0.0800. The van der Waals surface area contributed by atoms with Gasteiger partial charge in [-0.2, -0.15) is 0 Å². The van der Waals surface area contributed by atoms with Crippen molar-refractivity contribution in [2.45, 2.75) is 19.3 Å². The van der Waals surface area contributed by atoms with Gasteiger partial charge in [0.15, 0.2) is 0 Å². The molecule has 0 radical (unpaired) electrons. The van der Waals surface area contributed by atoms with Crippen LogP contribution in [0.5, 0.6) is 0 Å². The lowest BCUT2D eigenvalue weighted by atomic mass is 10.0. The van der Waals surface area contributed by atoms with Crippen molar-refractivity contribution in [1.82, 2.24) is 0 Å². The van der Waals surface area contributed by atoms with E-state index in [4.69, 9.17) is 9.47 Å². The van der Waals surface area contributed by atoms with Crippen molar-refractivity contribution >= 4 is 0 Å². The molecule has 1 aliphatic heterocycles. The molecule has 10 heavy (non-hydrogen) atoms. The van der Waals surface area contributed by atoms with Gasteiger partial charge in [-0.1, -0.05) is 0 Å². The molecule has 0 amide bonds. The summed E-state index contributed by atoms with van der Waals surface area (Å²) < 4.78 is 10.4. The molecule has 0 bridgehead atoms. The number of hydrogen-bond donors (Lipinski definition) is 0. The molecular weight excluding hydrogens is 128 g/mol. The highest BCUT2D eigenvalue weighted by Crippen LogP contribution is 2.15. The zero-order chi connectivity index (χ0) is 7.23. The fourth-order valence-electron chi connectivity index (χ4n) is 1.37. The molecule has 1 rings (SSSR count). The van der Waals surface area contributed by atoms with Crippen LogP contribution in [-0.4, -0.2) is 26.9 Å². The summed E-state index contributed by atoms with van der Waals surface area (Å²) >= 11 is 0. The zero-order valence-electron chi connectivity index (χ0n) is 6.64. The second-order valence-corrected chi connectivity index (χ2v) is 2.86. The van der Waals surface area contributed by atoms with Crippen LogP contribution in [0, 0.1) is 5.92 Å². The summed E-state index contributed by atoms with van der Waals surface area (Å²) in [6, 6.07) is 0. The van der Waals surface area contributed by atoms with Gasteiger partial charge in [-0.3, -0.25) is 0 Å². The average molecular weight is 144 g/mol. The van der Waals surface area contributed by atoms with Gasteiger partial charge in [0.05, 0.1) is 0 Å². The first-order valence-corrected chi connectivity index (χ1v) is 4.00. The lowest BCUT2D eigenvalue weighted by molar-refractivity contribution is 0.122. The summed E-state index contributed by atoms with van der Waals surface area (Å²) in [5, 5.41) is 0. The van der Waals surface area contributed by atoms with E-state index in [0.29, 0.717) is 0 Å². The Kier molecular flexibility index (Phi) is 3.76. The molecular formula is C8H16O2. The minimum absolute atomic E-state index is 0.743. The topological polar surface area (TPSA) is 18.5 Å². The van der Waals surface area contributed by atoms with Gasteiger partial charge in [-0.15, -0.1) is 0 Å². The maximum absolute atomic E-state index is 5.32. The van der Waals surface area contributed by atoms with Crippen molar-refractivity contribution in [1.29, 1.82) is 0 Å². The molecule has 0 aromatic rings. The van der Waals surface area contributed by atoms with Crippen molar-refractivity contribution in [3.63, 3.8) is 0 Å². The van der Waals surface area contributed by atoms with Crippen LogP contribution >= 0.6 is 0 Å². The molecule has 0 spiro atoms. The van der Waals surface area contributed by atoms with Crippen molar-refractivity contribution in [2.24, 2.45) is 5.92 Å². The highest BCUT2D eigenvalue weighted by Gasteiger charge is 2.10. The molecule has 1 atom stereocenters. The average Bonchev–Trinajstić information content (AvgIpc) is 2.17. The van der Waals surface area contributed by atoms with Gasteiger partial charge in [0.2, 0.25) is 0 Å². The van der Waals surface area contributed by atoms with E-state index in [2.05, 4.69) is 0 Å². The third kappa shape index (κ3) is 2.67. The lowest BCUT2D eigenvalue weighted by Gasteiger charge is -2.10. The summed E-state index contributed by atoms with van der Waals surface area (Å²) in [6.07, 6.45) is 3.65. The smallest absolute Gasteiger partial charge is 0.0491 e. The summed E-state index contributed by atoms with van der Waals surface area (Å²) in [5.41, 5.74) is 0. The number of rotatable bonds is 2. The molecule has 0 aromatic heterocycles. The van der Waals surface area contributed by atoms with Crippen LogP contribution in [0.3, 0.4) is 0 Å². The van der Waals surface area contributed by atoms with Crippen LogP contribution in [-0.2, 0) is 9.47 Å². The minimum atomic E-state index is 0.743. The monoisotopic (exact) mass is 144 g/mol. The predicted molar refractivity (Wildman–Crippen MR) is 40.0 cm³/mol. The molecule has 0 N–H and O–H groups in total. The van der Waals surface area contributed by atoms with Crippen LogP contribution in [0.15, 0.2) is 0 Å². The highest BCUT2D eigenvalue weighted by atomic mass is 16.5. The molecule has 1 unspecified atom stereocenters. The van der Waals surface area contributed by atoms with Gasteiger partial charge < -0.3 is 9.47 Å². The Labute approximate surface area is 62.5 Å². The molecule has 1 fully saturated rings. The first kappa shape index (κ1) is 8.02. The van der Waals surface area contributed by atoms with Crippen LogP contribution in [0.1, 0.15) is 19.3 Å². The van der Waals surface area contributed by atoms with E-state index in [-0.39, 0.29) is 0 Å². The Balaban J connectivity index is 2.15. The van der Waals surface area contributed by atoms with E-state index in [1.165, 1.54) is 19.3 Å². The SMILES string of the molecule is COCC1CCCOCC1. The standard InChI is InChI=1S/C8H16O2/c1-9-7-8-3-2-5-10-6-4-8/h8H,2-7H2,1H3. The first-order chi connectivity index (χ1) is 4.93. The Morgan fingerprint density at radius 1 is 1.40 bits per heavy atom. The van der Waals surface area contributed by atoms with E-state index >= 15 is 0 Å². The summed E-state index contributed by atoms with van der Waals surface area (Å²) in [7, 11) is 1.77. The quantitative estimate of drug-likeness (QED) is 0.584. The second kappa shape index (κ2) is 4.69. The first-order valence-electron chi connectivity index (χ1n) is 4.00. The molecule has 1 heterocycles. The van der Waals surface area contributed by atoms with E-state index < -0.39 is 0 Å². The van der Waals surface area contributed by atoms with E-state index in [0.717, 1.165) is 25.7 Å². The molecule has 2 heteroatoms. The van der Waals surface area contributed by atoms with Crippen LogP contribution in [0.25, 0.3) is 0 Å². The van der Waals surface area contributed by atoms with Crippen molar-refractivity contribution in [2.75, 3.05) is 26.9 Å². The fraction of sp³-hybridized carbons (Fsp3) is 1.00. The van der Waals surface area contributed by atoms with E-state index in [1.807, 2.05) is 0 Å². The largest absolute Gasteiger partial charge is 0.384 e. The maximum Gasteiger partial charge on any atom is 0.0491 e. The molecule has 0 saturated carbocycles. The third-order valence-corrected chi connectivity index (χ3v) is 1.97. The lowest BCUT2D eigenvalue weighted by Crippen LogP contribution is -2.07. The Morgan fingerprint density at radius 2 is 2.30 bits per heavy atom. The molecule has 2 nitrogen and oxygen atoms in total. The second-order valence-electron chi connectivity index (χ2n) is 2.86. The molecule has 60 valence electrons. The predicted octanol–water partition coefficient (Wildman–Crippen LogP) is 1.45. The van der Waals surface area contributed by atoms with Gasteiger partial charge in [-0.25, -0.2) is 0 Å². The van der Waals surface area contributed by atoms with Gasteiger partial charge >= 0.3 is 0 Å². The van der Waals surface area contributed by atoms with E-state index in [9.17, 15) is 0 Å². The number of methoxy groups -OCH3 is 1. The number of hydrogen-bond acceptors (Lipinski definition) is 2. The summed E-state index contributed by atoms with van der Waals surface area (Å²) in [6.45, 7) is 2.78. The van der Waals surface area contributed by atoms with Crippen molar-refractivity contribution in [3.8, 4) is 0 Å². The highest BCUT2D eigenvalue weighted by molar-refractivity contribution is 4.61. The fourth-order valence-corrected chi connectivity index (χ4v) is 1.37. The maximum atomic E-state index is 5.32. The van der Waals surface area contributed by atoms with Gasteiger partial charge in [0.25, 0.3) is 0 Å². The summed E-state index contributed by atoms with van der Waals surface area (Å²) in [4.78, 5) is 0. The molecule has 1 aliphatic rings. The van der Waals surface area contributed by atoms with Crippen molar-refractivity contribution < 1.29 is 9.47 Å². The van der Waals surface area contributed by atoms with Crippen LogP contribution in [0.2, 0.25) is 0 Å². The summed E-state index contributed by atoms with van der Waals surface area (Å²) in [5.74, 6) is 0.743. The van der Waals surface area contributed by atoms with Crippen molar-refractivity contribution in [3.05, 3.63) is 0 Å². The number of ether oxygens (including phenoxy) is 2. The van der Waals surface area contributed by atoms with Gasteiger partial charge in [0.1, 0.15) is 0 Å².